The summed E-state index contributed by atoms with van der Waals surface area (Å²) in [6, 6.07) is 7.45. The highest BCUT2D eigenvalue weighted by Crippen LogP contribution is 2.35. The van der Waals surface area contributed by atoms with Crippen molar-refractivity contribution in [2.45, 2.75) is 0 Å². The van der Waals surface area contributed by atoms with E-state index in [0.29, 0.717) is 151 Å². The van der Waals surface area contributed by atoms with Crippen molar-refractivity contribution in [3.8, 4) is 34.6 Å². The molecule has 0 bridgehead atoms. The summed E-state index contributed by atoms with van der Waals surface area (Å²) in [5, 5.41) is 0. The van der Waals surface area contributed by atoms with Crippen LogP contribution in [0.25, 0.3) is 33.7 Å². The molecule has 14 nitrogen and oxygen atoms in total. The normalized spacial score (nSPS) is 19.0. The highest BCUT2D eigenvalue weighted by Gasteiger charge is 2.17. The van der Waals surface area contributed by atoms with E-state index < -0.39 is 0 Å². The molecule has 0 spiro atoms. The van der Waals surface area contributed by atoms with E-state index in [2.05, 4.69) is 9.97 Å². The summed E-state index contributed by atoms with van der Waals surface area (Å²) in [6.07, 6.45) is 0. The number of benzene rings is 2. The number of fused-ring (bicyclic) bond motifs is 4. The number of hydrogen-bond donors (Lipinski definition) is 2. The van der Waals surface area contributed by atoms with E-state index in [4.69, 9.17) is 57.3 Å². The lowest BCUT2D eigenvalue weighted by Crippen LogP contribution is -2.13. The number of H-pyrrole nitrogens is 2. The lowest BCUT2D eigenvalue weighted by Gasteiger charge is -2.13. The summed E-state index contributed by atoms with van der Waals surface area (Å²) in [4.78, 5) is 16.3. The minimum Gasteiger partial charge on any atom is -0.487 e. The van der Waals surface area contributed by atoms with Gasteiger partial charge in [0, 0.05) is 24.3 Å². The summed E-state index contributed by atoms with van der Waals surface area (Å²) < 4.78 is 57.3. The molecule has 238 valence electrons. The maximum Gasteiger partial charge on any atom is 0.174 e. The van der Waals surface area contributed by atoms with Crippen molar-refractivity contribution in [1.29, 1.82) is 0 Å². The average molecular weight is 615 g/mol. The number of ether oxygens (including phenoxy) is 10. The second kappa shape index (κ2) is 15.9. The molecule has 0 radical (unpaired) electrons. The van der Waals surface area contributed by atoms with Gasteiger partial charge in [-0.25, -0.2) is 9.97 Å². The first-order chi connectivity index (χ1) is 21.8. The van der Waals surface area contributed by atoms with Gasteiger partial charge in [-0.1, -0.05) is 0 Å². The van der Waals surface area contributed by atoms with Crippen LogP contribution in [0, 0.1) is 0 Å². The second-order valence-electron chi connectivity index (χ2n) is 9.87. The van der Waals surface area contributed by atoms with E-state index in [1.165, 1.54) is 0 Å². The molecule has 0 saturated heterocycles. The summed E-state index contributed by atoms with van der Waals surface area (Å²) in [5.41, 5.74) is 2.96. The van der Waals surface area contributed by atoms with Gasteiger partial charge in [0.25, 0.3) is 0 Å². The molecular weight excluding hydrogens is 576 g/mol. The predicted molar refractivity (Wildman–Crippen MR) is 158 cm³/mol. The third-order valence-electron chi connectivity index (χ3n) is 6.75. The highest BCUT2D eigenvalue weighted by molar-refractivity contribution is 5.85. The number of aromatic amines is 2. The Labute approximate surface area is 254 Å². The molecule has 0 saturated carbocycles. The third kappa shape index (κ3) is 8.28. The minimum absolute atomic E-state index is 0.362. The molecule has 2 aromatic carbocycles. The topological polar surface area (TPSA) is 150 Å². The van der Waals surface area contributed by atoms with E-state index in [-0.39, 0.29) is 0 Å². The molecule has 0 aliphatic carbocycles. The molecule has 2 aliphatic rings. The van der Waals surface area contributed by atoms with E-state index in [1.54, 1.807) is 0 Å². The van der Waals surface area contributed by atoms with Crippen LogP contribution in [-0.4, -0.2) is 126 Å². The number of nitrogens with one attached hydrogen (secondary N) is 2. The molecule has 0 atom stereocenters. The fourth-order valence-electron chi connectivity index (χ4n) is 4.64. The fraction of sp³-hybridized carbons (Fsp3) is 0.533. The van der Waals surface area contributed by atoms with Crippen molar-refractivity contribution in [1.82, 2.24) is 19.9 Å². The molecule has 44 heavy (non-hydrogen) atoms. The fourth-order valence-corrected chi connectivity index (χ4v) is 4.64. The van der Waals surface area contributed by atoms with Gasteiger partial charge in [-0.15, -0.1) is 0 Å². The van der Waals surface area contributed by atoms with Crippen LogP contribution in [0.2, 0.25) is 0 Å². The lowest BCUT2D eigenvalue weighted by atomic mass is 10.2. The number of imidazole rings is 2. The van der Waals surface area contributed by atoms with Crippen LogP contribution in [0.3, 0.4) is 0 Å². The van der Waals surface area contributed by atoms with Gasteiger partial charge in [0.15, 0.2) is 34.6 Å². The maximum atomic E-state index is 6.01. The van der Waals surface area contributed by atoms with Crippen molar-refractivity contribution < 1.29 is 47.4 Å². The third-order valence-corrected chi connectivity index (χ3v) is 6.75. The number of rotatable bonds is 1. The Morgan fingerprint density at radius 2 is 0.636 bits per heavy atom. The van der Waals surface area contributed by atoms with Gasteiger partial charge in [0.05, 0.1) is 101 Å². The Morgan fingerprint density at radius 3 is 0.955 bits per heavy atom. The van der Waals surface area contributed by atoms with Crippen LogP contribution in [-0.2, 0) is 28.4 Å². The number of nitrogens with zero attached hydrogens (tertiary/aromatic N) is 2. The minimum atomic E-state index is 0.362. The predicted octanol–water partition coefficient (Wildman–Crippen LogP) is 2.75. The first-order valence-electron chi connectivity index (χ1n) is 14.9. The summed E-state index contributed by atoms with van der Waals surface area (Å²) in [6.45, 7) is 7.18. The van der Waals surface area contributed by atoms with Crippen molar-refractivity contribution >= 4 is 22.1 Å². The van der Waals surface area contributed by atoms with E-state index in [0.717, 1.165) is 11.0 Å². The van der Waals surface area contributed by atoms with Gasteiger partial charge in [0.2, 0.25) is 0 Å². The van der Waals surface area contributed by atoms with E-state index >= 15 is 0 Å². The van der Waals surface area contributed by atoms with Crippen LogP contribution < -0.4 is 18.9 Å². The summed E-state index contributed by atoms with van der Waals surface area (Å²) in [5.74, 6) is 3.45. The van der Waals surface area contributed by atoms with Gasteiger partial charge in [-0.2, -0.15) is 0 Å². The van der Waals surface area contributed by atoms with Gasteiger partial charge < -0.3 is 57.3 Å². The standard InChI is InChI=1S/C30H38N4O10/c1-5-37-9-13-41-25-17-21-22(18-26(25)42-14-10-38-6-2-35-1)32-29(31-21)30-33-23-19-27-28(20-24(23)34-30)44-16-12-40-8-4-36-3-7-39-11-15-43-27/h17-20H,1-16H2,(H,31,32)(H,33,34). The summed E-state index contributed by atoms with van der Waals surface area (Å²) in [7, 11) is 0. The SMILES string of the molecule is c1c2c(cc3[nH]c(-c4nc5cc6c(cc5[nH]4)OCCOCCOCCOCCO6)nc13)OCCOCCOCCOCCO2. The van der Waals surface area contributed by atoms with Crippen LogP contribution in [0.15, 0.2) is 24.3 Å². The number of aromatic nitrogens is 4. The van der Waals surface area contributed by atoms with Crippen LogP contribution in [0.5, 0.6) is 23.0 Å². The molecule has 6 rings (SSSR count). The average Bonchev–Trinajstić information content (AvgIpc) is 3.63. The molecule has 2 N–H and O–H groups in total. The Hall–Kier alpha value is -3.66. The summed E-state index contributed by atoms with van der Waals surface area (Å²) >= 11 is 0. The van der Waals surface area contributed by atoms with Crippen LogP contribution in [0.1, 0.15) is 0 Å². The maximum absolute atomic E-state index is 6.01. The molecule has 0 fully saturated rings. The Morgan fingerprint density at radius 1 is 0.364 bits per heavy atom. The van der Waals surface area contributed by atoms with Gasteiger partial charge in [-0.3, -0.25) is 0 Å². The molecule has 0 unspecified atom stereocenters. The van der Waals surface area contributed by atoms with E-state index in [9.17, 15) is 0 Å². The first-order valence-corrected chi connectivity index (χ1v) is 14.9. The lowest BCUT2D eigenvalue weighted by molar-refractivity contribution is 0.00708. The Bertz CT molecular complexity index is 1260. The molecule has 2 aliphatic heterocycles. The van der Waals surface area contributed by atoms with Crippen molar-refractivity contribution in [3.63, 3.8) is 0 Å². The highest BCUT2D eigenvalue weighted by atomic mass is 16.6. The van der Waals surface area contributed by atoms with Crippen LogP contribution >= 0.6 is 0 Å². The van der Waals surface area contributed by atoms with Crippen LogP contribution in [0.4, 0.5) is 0 Å². The zero-order valence-corrected chi connectivity index (χ0v) is 24.6. The molecule has 4 heterocycles. The molecule has 2 aromatic heterocycles. The molecular formula is C30H38N4O10. The van der Waals surface area contributed by atoms with Crippen molar-refractivity contribution in [2.24, 2.45) is 0 Å². The smallest absolute Gasteiger partial charge is 0.174 e. The van der Waals surface area contributed by atoms with Gasteiger partial charge in [-0.05, 0) is 0 Å². The largest absolute Gasteiger partial charge is 0.487 e. The molecule has 14 heteroatoms. The Balaban J connectivity index is 1.22. The molecule has 4 aromatic rings. The van der Waals surface area contributed by atoms with E-state index in [1.807, 2.05) is 24.3 Å². The molecule has 0 amide bonds. The van der Waals surface area contributed by atoms with Gasteiger partial charge in [0.1, 0.15) is 26.4 Å². The zero-order chi connectivity index (χ0) is 29.8. The zero-order valence-electron chi connectivity index (χ0n) is 24.6. The second-order valence-corrected chi connectivity index (χ2v) is 9.87. The first kappa shape index (κ1) is 30.4. The quantitative estimate of drug-likeness (QED) is 0.325. The van der Waals surface area contributed by atoms with Crippen molar-refractivity contribution in [3.05, 3.63) is 24.3 Å². The monoisotopic (exact) mass is 614 g/mol. The van der Waals surface area contributed by atoms with Gasteiger partial charge >= 0.3 is 0 Å². The van der Waals surface area contributed by atoms with Crippen molar-refractivity contribution in [2.75, 3.05) is 106 Å². The number of hydrogen-bond acceptors (Lipinski definition) is 12. The Kier molecular flexibility index (Phi) is 11.0.